The van der Waals surface area contributed by atoms with E-state index in [2.05, 4.69) is 0 Å². The molecule has 0 aliphatic carbocycles. The lowest BCUT2D eigenvalue weighted by Crippen LogP contribution is -2.10. The lowest BCUT2D eigenvalue weighted by atomic mass is 9.98. The Kier molecular flexibility index (Phi) is 4.33. The third-order valence-corrected chi connectivity index (χ3v) is 3.45. The summed E-state index contributed by atoms with van der Waals surface area (Å²) in [6.07, 6.45) is 0. The van der Waals surface area contributed by atoms with E-state index in [0.717, 1.165) is 0 Å². The predicted molar refractivity (Wildman–Crippen MR) is 78.3 cm³/mol. The van der Waals surface area contributed by atoms with Gasteiger partial charge in [-0.1, -0.05) is 53.0 Å². The van der Waals surface area contributed by atoms with Gasteiger partial charge >= 0.3 is 5.97 Å². The fourth-order valence-corrected chi connectivity index (χ4v) is 2.75. The summed E-state index contributed by atoms with van der Waals surface area (Å²) in [6.45, 7) is 0. The molecule has 0 aliphatic rings. The number of ketones is 1. The molecule has 1 N–H and O–H groups in total. The fraction of sp³-hybridized carbons (Fsp3) is 0. The molecule has 0 amide bonds. The van der Waals surface area contributed by atoms with Crippen molar-refractivity contribution in [2.75, 3.05) is 0 Å². The first-order chi connectivity index (χ1) is 9.41. The molecule has 0 spiro atoms. The minimum atomic E-state index is -1.20. The third kappa shape index (κ3) is 2.80. The number of benzene rings is 2. The zero-order valence-electron chi connectivity index (χ0n) is 9.86. The van der Waals surface area contributed by atoms with Gasteiger partial charge in [-0.3, -0.25) is 4.79 Å². The second-order valence-electron chi connectivity index (χ2n) is 3.92. The summed E-state index contributed by atoms with van der Waals surface area (Å²) in [5.74, 6) is -1.76. The summed E-state index contributed by atoms with van der Waals surface area (Å²) >= 11 is 17.7. The predicted octanol–water partition coefficient (Wildman–Crippen LogP) is 4.58. The SMILES string of the molecule is O=C(O)c1ccccc1C(=O)c1c(Cl)cc(Cl)cc1Cl. The zero-order valence-corrected chi connectivity index (χ0v) is 12.1. The van der Waals surface area contributed by atoms with E-state index in [9.17, 15) is 9.59 Å². The number of aromatic carboxylic acids is 1. The number of rotatable bonds is 3. The Bertz CT molecular complexity index is 688. The summed E-state index contributed by atoms with van der Waals surface area (Å²) in [5.41, 5.74) is -0.0582. The van der Waals surface area contributed by atoms with Crippen LogP contribution in [0.3, 0.4) is 0 Å². The van der Waals surface area contributed by atoms with E-state index in [4.69, 9.17) is 39.9 Å². The smallest absolute Gasteiger partial charge is 0.336 e. The molecule has 0 saturated carbocycles. The van der Waals surface area contributed by atoms with Gasteiger partial charge in [-0.2, -0.15) is 0 Å². The van der Waals surface area contributed by atoms with E-state index in [-0.39, 0.29) is 26.7 Å². The highest BCUT2D eigenvalue weighted by atomic mass is 35.5. The largest absolute Gasteiger partial charge is 0.478 e. The van der Waals surface area contributed by atoms with Gasteiger partial charge in [-0.15, -0.1) is 0 Å². The van der Waals surface area contributed by atoms with Crippen LogP contribution in [-0.2, 0) is 0 Å². The van der Waals surface area contributed by atoms with Crippen molar-refractivity contribution in [1.82, 2.24) is 0 Å². The van der Waals surface area contributed by atoms with Crippen molar-refractivity contribution < 1.29 is 14.7 Å². The van der Waals surface area contributed by atoms with Crippen molar-refractivity contribution >= 4 is 46.6 Å². The van der Waals surface area contributed by atoms with Gasteiger partial charge in [0.05, 0.1) is 21.2 Å². The third-order valence-electron chi connectivity index (χ3n) is 2.64. The van der Waals surface area contributed by atoms with Gasteiger partial charge in [0.2, 0.25) is 0 Å². The van der Waals surface area contributed by atoms with E-state index in [1.54, 1.807) is 6.07 Å². The molecule has 20 heavy (non-hydrogen) atoms. The van der Waals surface area contributed by atoms with Gasteiger partial charge in [0, 0.05) is 10.6 Å². The first-order valence-electron chi connectivity index (χ1n) is 5.43. The van der Waals surface area contributed by atoms with Crippen molar-refractivity contribution in [1.29, 1.82) is 0 Å². The maximum atomic E-state index is 12.4. The maximum absolute atomic E-state index is 12.4. The molecule has 0 bridgehead atoms. The molecule has 0 heterocycles. The van der Waals surface area contributed by atoms with E-state index < -0.39 is 11.8 Å². The summed E-state index contributed by atoms with van der Waals surface area (Å²) in [7, 11) is 0. The average Bonchev–Trinajstić information content (AvgIpc) is 2.37. The van der Waals surface area contributed by atoms with Crippen LogP contribution in [0.5, 0.6) is 0 Å². The molecule has 2 rings (SSSR count). The maximum Gasteiger partial charge on any atom is 0.336 e. The van der Waals surface area contributed by atoms with Gasteiger partial charge in [0.1, 0.15) is 0 Å². The Labute approximate surface area is 129 Å². The highest BCUT2D eigenvalue weighted by Crippen LogP contribution is 2.31. The summed E-state index contributed by atoms with van der Waals surface area (Å²) in [4.78, 5) is 23.6. The molecule has 2 aromatic carbocycles. The van der Waals surface area contributed by atoms with Crippen LogP contribution in [0, 0.1) is 0 Å². The van der Waals surface area contributed by atoms with Crippen molar-refractivity contribution in [2.45, 2.75) is 0 Å². The van der Waals surface area contributed by atoms with Crippen LogP contribution in [0.15, 0.2) is 36.4 Å². The molecule has 3 nitrogen and oxygen atoms in total. The van der Waals surface area contributed by atoms with E-state index in [1.807, 2.05) is 0 Å². The van der Waals surface area contributed by atoms with Crippen LogP contribution < -0.4 is 0 Å². The Morgan fingerprint density at radius 1 is 0.900 bits per heavy atom. The van der Waals surface area contributed by atoms with E-state index >= 15 is 0 Å². The number of carboxylic acid groups (broad SMARTS) is 1. The van der Waals surface area contributed by atoms with Crippen LogP contribution in [0.4, 0.5) is 0 Å². The van der Waals surface area contributed by atoms with Crippen LogP contribution in [0.2, 0.25) is 15.1 Å². The fourth-order valence-electron chi connectivity index (χ4n) is 1.76. The molecule has 0 fully saturated rings. The normalized spacial score (nSPS) is 10.3. The van der Waals surface area contributed by atoms with Gasteiger partial charge < -0.3 is 5.11 Å². The average molecular weight is 330 g/mol. The number of hydrogen-bond donors (Lipinski definition) is 1. The number of hydrogen-bond acceptors (Lipinski definition) is 2. The van der Waals surface area contributed by atoms with Crippen LogP contribution >= 0.6 is 34.8 Å². The van der Waals surface area contributed by atoms with Gasteiger partial charge in [-0.25, -0.2) is 4.79 Å². The molecule has 0 aliphatic heterocycles. The number of halogens is 3. The lowest BCUT2D eigenvalue weighted by molar-refractivity contribution is 0.0693. The molecule has 6 heteroatoms. The molecular weight excluding hydrogens is 323 g/mol. The number of carboxylic acids is 1. The molecule has 2 aromatic rings. The molecular formula is C14H7Cl3O3. The highest BCUT2D eigenvalue weighted by Gasteiger charge is 2.22. The van der Waals surface area contributed by atoms with Crippen LogP contribution in [0.25, 0.3) is 0 Å². The summed E-state index contributed by atoms with van der Waals surface area (Å²) in [6, 6.07) is 8.61. The zero-order chi connectivity index (χ0) is 14.9. The summed E-state index contributed by atoms with van der Waals surface area (Å²) < 4.78 is 0. The van der Waals surface area contributed by atoms with Crippen molar-refractivity contribution in [3.63, 3.8) is 0 Å². The quantitative estimate of drug-likeness (QED) is 0.839. The number of carbonyl (C=O) groups excluding carboxylic acids is 1. The van der Waals surface area contributed by atoms with E-state index in [1.165, 1.54) is 30.3 Å². The van der Waals surface area contributed by atoms with Gasteiger partial charge in [-0.05, 0) is 18.2 Å². The van der Waals surface area contributed by atoms with Crippen LogP contribution in [-0.4, -0.2) is 16.9 Å². The second-order valence-corrected chi connectivity index (χ2v) is 5.18. The molecule has 0 aromatic heterocycles. The Balaban J connectivity index is 2.61. The minimum Gasteiger partial charge on any atom is -0.478 e. The first-order valence-corrected chi connectivity index (χ1v) is 6.56. The molecule has 0 radical (unpaired) electrons. The van der Waals surface area contributed by atoms with Gasteiger partial charge in [0.15, 0.2) is 5.78 Å². The Hall–Kier alpha value is -1.55. The lowest BCUT2D eigenvalue weighted by Gasteiger charge is -2.09. The van der Waals surface area contributed by atoms with Crippen molar-refractivity contribution in [3.8, 4) is 0 Å². The monoisotopic (exact) mass is 328 g/mol. The van der Waals surface area contributed by atoms with E-state index in [0.29, 0.717) is 5.02 Å². The molecule has 0 saturated heterocycles. The topological polar surface area (TPSA) is 54.4 Å². The number of carbonyl (C=O) groups is 2. The standard InChI is InChI=1S/C14H7Cl3O3/c15-7-5-10(16)12(11(17)6-7)13(18)8-3-1-2-4-9(8)14(19)20/h1-6H,(H,19,20). The summed E-state index contributed by atoms with van der Waals surface area (Å²) in [5, 5.41) is 9.55. The molecule has 0 unspecified atom stereocenters. The van der Waals surface area contributed by atoms with Gasteiger partial charge in [0.25, 0.3) is 0 Å². The Morgan fingerprint density at radius 3 is 1.90 bits per heavy atom. The van der Waals surface area contributed by atoms with Crippen LogP contribution in [0.1, 0.15) is 26.3 Å². The highest BCUT2D eigenvalue weighted by molar-refractivity contribution is 6.43. The Morgan fingerprint density at radius 2 is 1.40 bits per heavy atom. The molecule has 0 atom stereocenters. The second kappa shape index (κ2) is 5.83. The first kappa shape index (κ1) is 14.9. The van der Waals surface area contributed by atoms with Crippen molar-refractivity contribution in [3.05, 3.63) is 68.2 Å². The molecule has 102 valence electrons. The van der Waals surface area contributed by atoms with Crippen molar-refractivity contribution in [2.24, 2.45) is 0 Å². The minimum absolute atomic E-state index is 0.0196.